The zero-order valence-corrected chi connectivity index (χ0v) is 26.9. The number of ether oxygens (including phenoxy) is 3. The highest BCUT2D eigenvalue weighted by atomic mass is 16.6. The van der Waals surface area contributed by atoms with E-state index in [1.54, 1.807) is 24.3 Å². The zero-order chi connectivity index (χ0) is 32.2. The Bertz CT molecular complexity index is 1400. The largest absolute Gasteiger partial charge is 0.444 e. The van der Waals surface area contributed by atoms with E-state index in [0.29, 0.717) is 17.2 Å². The van der Waals surface area contributed by atoms with Crippen LogP contribution in [-0.2, 0) is 14.3 Å². The predicted octanol–water partition coefficient (Wildman–Crippen LogP) is 8.92. The number of carbonyl (C=O) groups excluding carboxylic acids is 3. The third-order valence-electron chi connectivity index (χ3n) is 6.27. The van der Waals surface area contributed by atoms with Gasteiger partial charge in [0.1, 0.15) is 17.1 Å². The molecule has 3 aromatic rings. The zero-order valence-electron chi connectivity index (χ0n) is 26.9. The van der Waals surface area contributed by atoms with Crippen molar-refractivity contribution in [2.45, 2.75) is 74.8 Å². The molecule has 3 rings (SSSR count). The lowest BCUT2D eigenvalue weighted by Gasteiger charge is -2.20. The van der Waals surface area contributed by atoms with Gasteiger partial charge in [0, 0.05) is 5.69 Å². The molecule has 0 bridgehead atoms. The Labute approximate surface area is 255 Å². The van der Waals surface area contributed by atoms with Crippen LogP contribution in [0.1, 0.15) is 85.9 Å². The lowest BCUT2D eigenvalue weighted by Crippen LogP contribution is -2.27. The highest BCUT2D eigenvalue weighted by Crippen LogP contribution is 2.35. The Morgan fingerprint density at radius 3 is 1.28 bits per heavy atom. The monoisotopic (exact) mass is 585 g/mol. The van der Waals surface area contributed by atoms with Gasteiger partial charge >= 0.3 is 18.0 Å². The molecule has 0 aliphatic heterocycles. The van der Waals surface area contributed by atoms with Crippen molar-refractivity contribution in [3.8, 4) is 11.5 Å². The molecule has 3 aromatic carbocycles. The molecule has 0 heterocycles. The smallest absolute Gasteiger partial charge is 0.412 e. The fraction of sp³-hybridized carbons (Fsp3) is 0.361. The summed E-state index contributed by atoms with van der Waals surface area (Å²) in [6.07, 6.45) is -0.521. The second kappa shape index (κ2) is 12.9. The van der Waals surface area contributed by atoms with Gasteiger partial charge in [-0.15, -0.1) is 0 Å². The van der Waals surface area contributed by atoms with Crippen molar-refractivity contribution in [2.24, 2.45) is 10.8 Å². The maximum absolute atomic E-state index is 12.4. The number of nitrogens with one attached hydrogen (secondary N) is 1. The minimum atomic E-state index is -0.622. The van der Waals surface area contributed by atoms with Crippen LogP contribution in [0, 0.1) is 10.8 Å². The Hall–Kier alpha value is -4.39. The van der Waals surface area contributed by atoms with Crippen molar-refractivity contribution in [2.75, 3.05) is 5.32 Å². The number of allylic oxidation sites excluding steroid dienone is 1. The number of esters is 2. The fourth-order valence-electron chi connectivity index (χ4n) is 3.87. The summed E-state index contributed by atoms with van der Waals surface area (Å²) in [6.45, 7) is 18.3. The molecule has 1 amide bonds. The molecular formula is C36H43NO6. The number of hydrogen-bond acceptors (Lipinski definition) is 6. The van der Waals surface area contributed by atoms with E-state index in [9.17, 15) is 14.4 Å². The number of amides is 1. The average molecular weight is 586 g/mol. The molecule has 0 aliphatic carbocycles. The maximum atomic E-state index is 12.4. The van der Waals surface area contributed by atoms with Crippen LogP contribution in [0.5, 0.6) is 11.5 Å². The maximum Gasteiger partial charge on any atom is 0.412 e. The summed E-state index contributed by atoms with van der Waals surface area (Å²) in [5.41, 5.74) is 3.44. The van der Waals surface area contributed by atoms with Crippen molar-refractivity contribution in [3.05, 3.63) is 89.5 Å². The van der Waals surface area contributed by atoms with Crippen LogP contribution in [0.15, 0.2) is 72.8 Å². The summed E-state index contributed by atoms with van der Waals surface area (Å²) < 4.78 is 16.5. The fourth-order valence-corrected chi connectivity index (χ4v) is 3.87. The molecule has 1 N–H and O–H groups in total. The Morgan fingerprint density at radius 2 is 0.930 bits per heavy atom. The summed E-state index contributed by atoms with van der Waals surface area (Å²) in [7, 11) is 0. The van der Waals surface area contributed by atoms with Crippen molar-refractivity contribution in [3.63, 3.8) is 0 Å². The van der Waals surface area contributed by atoms with Crippen molar-refractivity contribution in [1.82, 2.24) is 0 Å². The highest BCUT2D eigenvalue weighted by Gasteiger charge is 2.25. The molecule has 0 unspecified atom stereocenters. The van der Waals surface area contributed by atoms with Crippen molar-refractivity contribution >= 4 is 34.9 Å². The molecule has 7 heteroatoms. The van der Waals surface area contributed by atoms with Gasteiger partial charge in [-0.25, -0.2) is 4.79 Å². The first-order chi connectivity index (χ1) is 19.8. The Morgan fingerprint density at radius 1 is 0.558 bits per heavy atom. The molecule has 0 radical (unpaired) electrons. The second-order valence-corrected chi connectivity index (χ2v) is 13.5. The van der Waals surface area contributed by atoms with Crippen molar-refractivity contribution in [1.29, 1.82) is 0 Å². The van der Waals surface area contributed by atoms with Gasteiger partial charge in [-0.2, -0.15) is 0 Å². The van der Waals surface area contributed by atoms with Crippen molar-refractivity contribution < 1.29 is 28.6 Å². The van der Waals surface area contributed by atoms with E-state index in [1.807, 2.05) is 118 Å². The third-order valence-corrected chi connectivity index (χ3v) is 6.27. The summed E-state index contributed by atoms with van der Waals surface area (Å²) in [5.74, 6) is 0.297. The lowest BCUT2D eigenvalue weighted by atomic mass is 9.90. The van der Waals surface area contributed by atoms with Gasteiger partial charge in [0.15, 0.2) is 0 Å². The first-order valence-electron chi connectivity index (χ1n) is 14.3. The van der Waals surface area contributed by atoms with Crippen LogP contribution in [0.2, 0.25) is 0 Å². The molecule has 0 saturated heterocycles. The molecule has 0 saturated carbocycles. The van der Waals surface area contributed by atoms with E-state index in [4.69, 9.17) is 14.2 Å². The quantitative estimate of drug-likeness (QED) is 0.176. The average Bonchev–Trinajstić information content (AvgIpc) is 2.89. The van der Waals surface area contributed by atoms with Crippen LogP contribution in [-0.4, -0.2) is 23.6 Å². The molecule has 228 valence electrons. The first-order valence-corrected chi connectivity index (χ1v) is 14.3. The number of rotatable bonds is 6. The minimum absolute atomic E-state index is 0.312. The molecular weight excluding hydrogens is 542 g/mol. The highest BCUT2D eigenvalue weighted by molar-refractivity contribution is 5.98. The normalized spacial score (nSPS) is 11.8. The van der Waals surface area contributed by atoms with Gasteiger partial charge in [-0.05, 0) is 133 Å². The number of carbonyl (C=O) groups is 3. The van der Waals surface area contributed by atoms with Gasteiger partial charge in [0.25, 0.3) is 0 Å². The predicted molar refractivity (Wildman–Crippen MR) is 171 cm³/mol. The Kier molecular flexibility index (Phi) is 9.90. The van der Waals surface area contributed by atoms with Gasteiger partial charge < -0.3 is 14.2 Å². The van der Waals surface area contributed by atoms with Crippen LogP contribution in [0.4, 0.5) is 10.5 Å². The lowest BCUT2D eigenvalue weighted by molar-refractivity contribution is -0.143. The van der Waals surface area contributed by atoms with E-state index in [1.165, 1.54) is 0 Å². The number of benzene rings is 3. The number of anilines is 1. The molecule has 0 fully saturated rings. The van der Waals surface area contributed by atoms with Gasteiger partial charge in [-0.3, -0.25) is 14.9 Å². The molecule has 0 aromatic heterocycles. The summed E-state index contributed by atoms with van der Waals surface area (Å²) in [5, 5.41) is 2.76. The molecule has 0 atom stereocenters. The van der Waals surface area contributed by atoms with Gasteiger partial charge in [-0.1, -0.05) is 36.4 Å². The molecule has 43 heavy (non-hydrogen) atoms. The Balaban J connectivity index is 1.99. The van der Waals surface area contributed by atoms with E-state index in [0.717, 1.165) is 27.8 Å². The van der Waals surface area contributed by atoms with Crippen LogP contribution in [0.3, 0.4) is 0 Å². The van der Waals surface area contributed by atoms with E-state index >= 15 is 0 Å². The second-order valence-electron chi connectivity index (χ2n) is 13.5. The minimum Gasteiger partial charge on any atom is -0.444 e. The molecule has 0 spiro atoms. The van der Waals surface area contributed by atoms with Gasteiger partial charge in [0.05, 0.1) is 10.8 Å². The summed E-state index contributed by atoms with van der Waals surface area (Å²) >= 11 is 0. The SMILES string of the molecule is CC(=C(c1ccc(OC(=O)C(C)(C)C)cc1)c1ccc(OC(=O)C(C)(C)C)cc1)c1ccc(NC(=O)OC(C)(C)C)cc1. The third kappa shape index (κ3) is 9.57. The van der Waals surface area contributed by atoms with Gasteiger partial charge in [0.2, 0.25) is 0 Å². The summed E-state index contributed by atoms with van der Waals surface area (Å²) in [4.78, 5) is 37.0. The standard InChI is InChI=1S/C36H43NO6/c1-23(24-11-17-27(18-12-24)37-33(40)43-36(8,9)10)30(25-13-19-28(20-14-25)41-31(38)34(2,3)4)26-15-21-29(22-16-26)42-32(39)35(5,6)7/h11-22H,1-10H3,(H,37,40). The summed E-state index contributed by atoms with van der Waals surface area (Å²) in [6, 6.07) is 22.3. The van der Waals surface area contributed by atoms with E-state index in [2.05, 4.69) is 5.32 Å². The number of hydrogen-bond donors (Lipinski definition) is 1. The van der Waals surface area contributed by atoms with E-state index in [-0.39, 0.29) is 11.9 Å². The van der Waals surface area contributed by atoms with Crippen LogP contribution in [0.25, 0.3) is 11.1 Å². The topological polar surface area (TPSA) is 90.9 Å². The first kappa shape index (κ1) is 33.1. The molecule has 7 nitrogen and oxygen atoms in total. The molecule has 0 aliphatic rings. The van der Waals surface area contributed by atoms with Crippen LogP contribution < -0.4 is 14.8 Å². The van der Waals surface area contributed by atoms with E-state index < -0.39 is 22.5 Å². The van der Waals surface area contributed by atoms with Crippen LogP contribution >= 0.6 is 0 Å².